The number of hydrogen-bond donors (Lipinski definition) is 2. The monoisotopic (exact) mass is 400 g/mol. The molecule has 1 unspecified atom stereocenters. The summed E-state index contributed by atoms with van der Waals surface area (Å²) < 4.78 is 5.91. The third-order valence-electron chi connectivity index (χ3n) is 4.70. The third kappa shape index (κ3) is 4.14. The van der Waals surface area contributed by atoms with Crippen LogP contribution in [0.2, 0.25) is 5.02 Å². The topological polar surface area (TPSA) is 70.8 Å². The molecule has 1 aliphatic rings. The van der Waals surface area contributed by atoms with Crippen molar-refractivity contribution in [2.45, 2.75) is 12.1 Å². The van der Waals surface area contributed by atoms with E-state index in [2.05, 4.69) is 16.8 Å². The van der Waals surface area contributed by atoms with Crippen LogP contribution in [0.25, 0.3) is 0 Å². The Morgan fingerprint density at radius 1 is 1.21 bits per heavy atom. The normalized spacial score (nSPS) is 19.2. The molecule has 0 aromatic heterocycles. The second-order valence-corrected chi connectivity index (χ2v) is 7.50. The van der Waals surface area contributed by atoms with Crippen molar-refractivity contribution in [2.24, 2.45) is 5.73 Å². The number of halogens is 1. The van der Waals surface area contributed by atoms with Crippen molar-refractivity contribution < 1.29 is 9.53 Å². The number of carbonyl (C=O) groups is 1. The average Bonchev–Trinajstić information content (AvgIpc) is 2.87. The second-order valence-electron chi connectivity index (χ2n) is 7.07. The molecule has 3 rings (SSSR count). The average molecular weight is 401 g/mol. The molecular formula is C21H25ClN4O2. The number of nitrogens with one attached hydrogen (secondary N) is 1. The van der Waals surface area contributed by atoms with Crippen molar-refractivity contribution in [3.63, 3.8) is 0 Å². The Labute approximate surface area is 170 Å². The van der Waals surface area contributed by atoms with Gasteiger partial charge in [0.15, 0.2) is 5.66 Å². The first-order chi connectivity index (χ1) is 13.3. The third-order valence-corrected chi connectivity index (χ3v) is 4.95. The highest BCUT2D eigenvalue weighted by Gasteiger charge is 2.46. The number of rotatable bonds is 7. The van der Waals surface area contributed by atoms with E-state index in [0.717, 1.165) is 18.5 Å². The van der Waals surface area contributed by atoms with E-state index in [1.54, 1.807) is 29.2 Å². The van der Waals surface area contributed by atoms with Crippen LogP contribution in [-0.2, 0) is 5.66 Å². The van der Waals surface area contributed by atoms with Gasteiger partial charge in [-0.15, -0.1) is 0 Å². The maximum absolute atomic E-state index is 12.5. The lowest BCUT2D eigenvalue weighted by atomic mass is 9.96. The fourth-order valence-electron chi connectivity index (χ4n) is 3.20. The molecule has 1 aliphatic heterocycles. The van der Waals surface area contributed by atoms with Crippen LogP contribution in [0.3, 0.4) is 0 Å². The van der Waals surface area contributed by atoms with Gasteiger partial charge in [-0.05, 0) is 63.5 Å². The largest absolute Gasteiger partial charge is 0.457 e. The number of nitrogens with zero attached hydrogens (tertiary/aromatic N) is 2. The summed E-state index contributed by atoms with van der Waals surface area (Å²) in [6.07, 6.45) is 0.799. The molecular weight excluding hydrogens is 376 g/mol. The van der Waals surface area contributed by atoms with Crippen molar-refractivity contribution in [2.75, 3.05) is 27.2 Å². The zero-order valence-corrected chi connectivity index (χ0v) is 16.9. The van der Waals surface area contributed by atoms with E-state index < -0.39 is 5.66 Å². The summed E-state index contributed by atoms with van der Waals surface area (Å²) in [6, 6.07) is 14.3. The minimum atomic E-state index is -1.14. The fraction of sp³-hybridized carbons (Fsp3) is 0.286. The number of nitrogens with two attached hydrogens (primary N) is 1. The molecule has 0 saturated carbocycles. The van der Waals surface area contributed by atoms with E-state index in [9.17, 15) is 4.79 Å². The van der Waals surface area contributed by atoms with Crippen LogP contribution in [0.5, 0.6) is 11.5 Å². The molecule has 2 aromatic carbocycles. The van der Waals surface area contributed by atoms with Crippen LogP contribution >= 0.6 is 11.6 Å². The first-order valence-electron chi connectivity index (χ1n) is 9.06. The van der Waals surface area contributed by atoms with Crippen LogP contribution < -0.4 is 15.8 Å². The Bertz CT molecular complexity index is 869. The summed E-state index contributed by atoms with van der Waals surface area (Å²) in [5, 5.41) is 3.41. The van der Waals surface area contributed by atoms with Crippen LogP contribution in [0.1, 0.15) is 12.0 Å². The van der Waals surface area contributed by atoms with Gasteiger partial charge in [-0.1, -0.05) is 30.3 Å². The van der Waals surface area contributed by atoms with E-state index in [-0.39, 0.29) is 6.03 Å². The summed E-state index contributed by atoms with van der Waals surface area (Å²) in [6.45, 7) is 5.36. The van der Waals surface area contributed by atoms with Gasteiger partial charge >= 0.3 is 6.03 Å². The van der Waals surface area contributed by atoms with E-state index in [1.807, 2.05) is 38.4 Å². The second kappa shape index (κ2) is 8.22. The van der Waals surface area contributed by atoms with Crippen molar-refractivity contribution in [1.29, 1.82) is 0 Å². The fourth-order valence-corrected chi connectivity index (χ4v) is 3.33. The molecule has 1 saturated heterocycles. The van der Waals surface area contributed by atoms with E-state index in [1.165, 1.54) is 0 Å². The van der Waals surface area contributed by atoms with Gasteiger partial charge in [0.05, 0.1) is 5.70 Å². The minimum Gasteiger partial charge on any atom is -0.457 e. The number of amides is 2. The van der Waals surface area contributed by atoms with Gasteiger partial charge in [0, 0.05) is 17.1 Å². The molecule has 0 radical (unpaired) electrons. The van der Waals surface area contributed by atoms with Gasteiger partial charge in [0.25, 0.3) is 0 Å². The van der Waals surface area contributed by atoms with E-state index in [0.29, 0.717) is 28.8 Å². The number of carbonyl (C=O) groups excluding carboxylic acids is 1. The summed E-state index contributed by atoms with van der Waals surface area (Å²) in [5.74, 6) is 1.28. The smallest absolute Gasteiger partial charge is 0.323 e. The quantitative estimate of drug-likeness (QED) is 0.742. The number of hydrogen-bond acceptors (Lipinski definition) is 4. The maximum Gasteiger partial charge on any atom is 0.323 e. The molecule has 0 spiro atoms. The lowest BCUT2D eigenvalue weighted by Gasteiger charge is -2.34. The molecule has 1 heterocycles. The molecule has 1 atom stereocenters. The van der Waals surface area contributed by atoms with Gasteiger partial charge in [-0.3, -0.25) is 10.6 Å². The van der Waals surface area contributed by atoms with Crippen LogP contribution in [0, 0.1) is 0 Å². The molecule has 1 fully saturated rings. The summed E-state index contributed by atoms with van der Waals surface area (Å²) in [7, 11) is 3.99. The van der Waals surface area contributed by atoms with Crippen LogP contribution in [0.4, 0.5) is 4.79 Å². The molecule has 0 aliphatic carbocycles. The summed E-state index contributed by atoms with van der Waals surface area (Å²) in [5.41, 5.74) is 6.76. The zero-order chi connectivity index (χ0) is 20.3. The first kappa shape index (κ1) is 20.2. The van der Waals surface area contributed by atoms with E-state index in [4.69, 9.17) is 22.1 Å². The number of ether oxygens (including phenoxy) is 1. The van der Waals surface area contributed by atoms with Gasteiger partial charge in [-0.25, -0.2) is 4.79 Å². The lowest BCUT2D eigenvalue weighted by molar-refractivity contribution is 0.163. The van der Waals surface area contributed by atoms with Crippen molar-refractivity contribution >= 4 is 17.6 Å². The molecule has 28 heavy (non-hydrogen) atoms. The molecule has 6 nitrogen and oxygen atoms in total. The van der Waals surface area contributed by atoms with E-state index >= 15 is 0 Å². The number of urea groups is 1. The van der Waals surface area contributed by atoms with Gasteiger partial charge in [-0.2, -0.15) is 0 Å². The van der Waals surface area contributed by atoms with Crippen molar-refractivity contribution in [3.05, 3.63) is 71.4 Å². The lowest BCUT2D eigenvalue weighted by Crippen LogP contribution is -2.51. The molecule has 2 aromatic rings. The standard InChI is InChI=1S/C21H25ClN4O2/c1-15-21(23,26(20(27)24-15)13-5-12-25(2)3)16-6-4-7-19(14-16)28-18-10-8-17(22)9-11-18/h4,6-11,14H,1,5,12-13,23H2,2-3H3,(H,24,27). The zero-order valence-electron chi connectivity index (χ0n) is 16.1. The Kier molecular flexibility index (Phi) is 5.93. The first-order valence-corrected chi connectivity index (χ1v) is 9.44. The molecule has 3 N–H and O–H groups in total. The SMILES string of the molecule is C=C1NC(=O)N(CCCN(C)C)C1(N)c1cccc(Oc2ccc(Cl)cc2)c1. The highest BCUT2D eigenvalue weighted by atomic mass is 35.5. The van der Waals surface area contributed by atoms with Gasteiger partial charge < -0.3 is 15.0 Å². The summed E-state index contributed by atoms with van der Waals surface area (Å²) in [4.78, 5) is 16.2. The van der Waals surface area contributed by atoms with Crippen molar-refractivity contribution in [3.8, 4) is 11.5 Å². The maximum atomic E-state index is 12.5. The van der Waals surface area contributed by atoms with Gasteiger partial charge in [0.2, 0.25) is 0 Å². The Hall–Kier alpha value is -2.54. The predicted octanol–water partition coefficient (Wildman–Crippen LogP) is 3.73. The van der Waals surface area contributed by atoms with Crippen molar-refractivity contribution in [1.82, 2.24) is 15.1 Å². The Morgan fingerprint density at radius 3 is 2.61 bits per heavy atom. The highest BCUT2D eigenvalue weighted by Crippen LogP contribution is 2.36. The van der Waals surface area contributed by atoms with Crippen LogP contribution in [0.15, 0.2) is 60.8 Å². The minimum absolute atomic E-state index is 0.240. The predicted molar refractivity (Wildman–Crippen MR) is 111 cm³/mol. The molecule has 0 bridgehead atoms. The molecule has 148 valence electrons. The number of benzene rings is 2. The van der Waals surface area contributed by atoms with Crippen LogP contribution in [-0.4, -0.2) is 43.0 Å². The molecule has 2 amide bonds. The van der Waals surface area contributed by atoms with Gasteiger partial charge in [0.1, 0.15) is 11.5 Å². The summed E-state index contributed by atoms with van der Waals surface area (Å²) >= 11 is 5.92. The highest BCUT2D eigenvalue weighted by molar-refractivity contribution is 6.30. The Morgan fingerprint density at radius 2 is 1.93 bits per heavy atom. The molecule has 7 heteroatoms. The Balaban J connectivity index is 1.85.